The van der Waals surface area contributed by atoms with Crippen LogP contribution in [0.4, 0.5) is 0 Å². The fraction of sp³-hybridized carbons (Fsp3) is 0.273. The Labute approximate surface area is 159 Å². The molecule has 1 amide bonds. The lowest BCUT2D eigenvalue weighted by Gasteiger charge is -2.13. The van der Waals surface area contributed by atoms with E-state index in [0.29, 0.717) is 5.56 Å². The van der Waals surface area contributed by atoms with Crippen LogP contribution in [-0.2, 0) is 6.54 Å². The van der Waals surface area contributed by atoms with E-state index >= 15 is 0 Å². The molecule has 1 saturated heterocycles. The van der Waals surface area contributed by atoms with E-state index in [4.69, 9.17) is 0 Å². The standard InChI is InChI=1S/C22H24N4O/c1-25-12-11-21(16-25)24-22(27)19-9-7-18(8-10-19)20-13-23-26(15-20)14-17-5-3-2-4-6-17/h2-10,13,15,21H,11-12,14,16H2,1H3,(H,24,27). The monoisotopic (exact) mass is 360 g/mol. The summed E-state index contributed by atoms with van der Waals surface area (Å²) in [4.78, 5) is 14.7. The number of hydrogen-bond acceptors (Lipinski definition) is 3. The zero-order valence-electron chi connectivity index (χ0n) is 15.5. The van der Waals surface area contributed by atoms with Crippen LogP contribution in [0.25, 0.3) is 11.1 Å². The van der Waals surface area contributed by atoms with Crippen LogP contribution in [0.15, 0.2) is 67.0 Å². The van der Waals surface area contributed by atoms with E-state index in [-0.39, 0.29) is 11.9 Å². The van der Waals surface area contributed by atoms with Crippen molar-refractivity contribution < 1.29 is 4.79 Å². The van der Waals surface area contributed by atoms with Crippen LogP contribution >= 0.6 is 0 Å². The minimum atomic E-state index is 0.00150. The number of amides is 1. The highest BCUT2D eigenvalue weighted by molar-refractivity contribution is 5.94. The molecule has 1 N–H and O–H groups in total. The van der Waals surface area contributed by atoms with Gasteiger partial charge in [0.15, 0.2) is 0 Å². The third-order valence-corrected chi connectivity index (χ3v) is 5.03. The van der Waals surface area contributed by atoms with Gasteiger partial charge in [0.1, 0.15) is 0 Å². The van der Waals surface area contributed by atoms with Gasteiger partial charge in [0.2, 0.25) is 0 Å². The van der Waals surface area contributed by atoms with Crippen LogP contribution in [0.2, 0.25) is 0 Å². The topological polar surface area (TPSA) is 50.2 Å². The van der Waals surface area contributed by atoms with Crippen LogP contribution in [0.5, 0.6) is 0 Å². The van der Waals surface area contributed by atoms with Crippen molar-refractivity contribution >= 4 is 5.91 Å². The minimum absolute atomic E-state index is 0.00150. The van der Waals surface area contributed by atoms with Crippen molar-refractivity contribution in [2.24, 2.45) is 0 Å². The summed E-state index contributed by atoms with van der Waals surface area (Å²) >= 11 is 0. The molecule has 0 radical (unpaired) electrons. The number of likely N-dealkylation sites (N-methyl/N-ethyl adjacent to an activating group) is 1. The van der Waals surface area contributed by atoms with Crippen molar-refractivity contribution in [1.29, 1.82) is 0 Å². The highest BCUT2D eigenvalue weighted by atomic mass is 16.1. The summed E-state index contributed by atoms with van der Waals surface area (Å²) in [6, 6.07) is 18.3. The predicted molar refractivity (Wildman–Crippen MR) is 107 cm³/mol. The van der Waals surface area contributed by atoms with E-state index < -0.39 is 0 Å². The van der Waals surface area contributed by atoms with Crippen molar-refractivity contribution in [2.75, 3.05) is 20.1 Å². The Kier molecular flexibility index (Phi) is 5.03. The molecule has 2 aromatic carbocycles. The Balaban J connectivity index is 1.41. The Bertz CT molecular complexity index is 902. The van der Waals surface area contributed by atoms with Crippen molar-refractivity contribution in [3.05, 3.63) is 78.1 Å². The SMILES string of the molecule is CN1CCC(NC(=O)c2ccc(-c3cnn(Cc4ccccc4)c3)cc2)C1. The molecule has 0 bridgehead atoms. The molecule has 5 nitrogen and oxygen atoms in total. The third kappa shape index (κ3) is 4.26. The maximum absolute atomic E-state index is 12.4. The molecule has 1 aliphatic rings. The largest absolute Gasteiger partial charge is 0.348 e. The van der Waals surface area contributed by atoms with E-state index in [2.05, 4.69) is 34.5 Å². The second kappa shape index (κ2) is 7.76. The van der Waals surface area contributed by atoms with E-state index in [1.54, 1.807) is 0 Å². The number of carbonyl (C=O) groups excluding carboxylic acids is 1. The van der Waals surface area contributed by atoms with Gasteiger partial charge in [0, 0.05) is 29.9 Å². The summed E-state index contributed by atoms with van der Waals surface area (Å²) in [5.41, 5.74) is 4.03. The Morgan fingerprint density at radius 1 is 1.11 bits per heavy atom. The summed E-state index contributed by atoms with van der Waals surface area (Å²) in [7, 11) is 2.08. The number of carbonyl (C=O) groups is 1. The predicted octanol–water partition coefficient (Wildman–Crippen LogP) is 3.03. The van der Waals surface area contributed by atoms with Gasteiger partial charge in [0.25, 0.3) is 5.91 Å². The van der Waals surface area contributed by atoms with Gasteiger partial charge < -0.3 is 10.2 Å². The van der Waals surface area contributed by atoms with Crippen molar-refractivity contribution in [2.45, 2.75) is 19.0 Å². The molecule has 1 aromatic heterocycles. The quantitative estimate of drug-likeness (QED) is 0.761. The Morgan fingerprint density at radius 3 is 2.59 bits per heavy atom. The lowest BCUT2D eigenvalue weighted by atomic mass is 10.1. The zero-order valence-corrected chi connectivity index (χ0v) is 15.5. The van der Waals surface area contributed by atoms with Gasteiger partial charge in [-0.05, 0) is 43.3 Å². The maximum atomic E-state index is 12.4. The van der Waals surface area contributed by atoms with Gasteiger partial charge in [-0.25, -0.2) is 0 Å². The van der Waals surface area contributed by atoms with Crippen molar-refractivity contribution in [3.8, 4) is 11.1 Å². The van der Waals surface area contributed by atoms with Gasteiger partial charge in [-0.15, -0.1) is 0 Å². The molecule has 27 heavy (non-hydrogen) atoms. The van der Waals surface area contributed by atoms with Crippen molar-refractivity contribution in [3.63, 3.8) is 0 Å². The number of nitrogens with one attached hydrogen (secondary N) is 1. The number of rotatable bonds is 5. The molecule has 4 rings (SSSR count). The number of aromatic nitrogens is 2. The second-order valence-corrected chi connectivity index (χ2v) is 7.21. The molecule has 5 heteroatoms. The number of benzene rings is 2. The molecule has 1 atom stereocenters. The zero-order chi connectivity index (χ0) is 18.6. The molecule has 1 unspecified atom stereocenters. The van der Waals surface area contributed by atoms with Gasteiger partial charge >= 0.3 is 0 Å². The highest BCUT2D eigenvalue weighted by Gasteiger charge is 2.21. The molecular weight excluding hydrogens is 336 g/mol. The van der Waals surface area contributed by atoms with E-state index in [0.717, 1.165) is 37.2 Å². The molecule has 0 spiro atoms. The first-order valence-corrected chi connectivity index (χ1v) is 9.33. The van der Waals surface area contributed by atoms with E-state index in [9.17, 15) is 4.79 Å². The minimum Gasteiger partial charge on any atom is -0.348 e. The molecular formula is C22H24N4O. The van der Waals surface area contributed by atoms with Crippen LogP contribution in [-0.4, -0.2) is 46.8 Å². The molecule has 0 aliphatic carbocycles. The van der Waals surface area contributed by atoms with Gasteiger partial charge in [0.05, 0.1) is 12.7 Å². The highest BCUT2D eigenvalue weighted by Crippen LogP contribution is 2.20. The summed E-state index contributed by atoms with van der Waals surface area (Å²) in [6.45, 7) is 2.71. The third-order valence-electron chi connectivity index (χ3n) is 5.03. The van der Waals surface area contributed by atoms with E-state index in [1.807, 2.05) is 59.5 Å². The fourth-order valence-electron chi connectivity index (χ4n) is 3.51. The molecule has 0 saturated carbocycles. The molecule has 2 heterocycles. The lowest BCUT2D eigenvalue weighted by Crippen LogP contribution is -2.36. The molecule has 3 aromatic rings. The van der Waals surface area contributed by atoms with Crippen molar-refractivity contribution in [1.82, 2.24) is 20.0 Å². The Hall–Kier alpha value is -2.92. The van der Waals surface area contributed by atoms with Crippen LogP contribution in [0.3, 0.4) is 0 Å². The summed E-state index contributed by atoms with van der Waals surface area (Å²) < 4.78 is 1.93. The normalized spacial score (nSPS) is 17.1. The van der Waals surface area contributed by atoms with Gasteiger partial charge in [-0.2, -0.15) is 5.10 Å². The smallest absolute Gasteiger partial charge is 0.251 e. The fourth-order valence-corrected chi connectivity index (χ4v) is 3.51. The lowest BCUT2D eigenvalue weighted by molar-refractivity contribution is 0.0938. The average Bonchev–Trinajstić information content (AvgIpc) is 3.32. The number of likely N-dealkylation sites (tertiary alicyclic amines) is 1. The number of hydrogen-bond donors (Lipinski definition) is 1. The first-order chi connectivity index (χ1) is 13.2. The summed E-state index contributed by atoms with van der Waals surface area (Å²) in [5.74, 6) is 0.00150. The first kappa shape index (κ1) is 17.5. The summed E-state index contributed by atoms with van der Waals surface area (Å²) in [6.07, 6.45) is 4.92. The number of nitrogens with zero attached hydrogens (tertiary/aromatic N) is 3. The van der Waals surface area contributed by atoms with Crippen LogP contribution < -0.4 is 5.32 Å². The summed E-state index contributed by atoms with van der Waals surface area (Å²) in [5, 5.41) is 7.57. The maximum Gasteiger partial charge on any atom is 0.251 e. The van der Waals surface area contributed by atoms with Crippen LogP contribution in [0, 0.1) is 0 Å². The van der Waals surface area contributed by atoms with Crippen LogP contribution in [0.1, 0.15) is 22.3 Å². The average molecular weight is 360 g/mol. The van der Waals surface area contributed by atoms with E-state index in [1.165, 1.54) is 5.56 Å². The second-order valence-electron chi connectivity index (χ2n) is 7.21. The van der Waals surface area contributed by atoms with Gasteiger partial charge in [-0.1, -0.05) is 42.5 Å². The Morgan fingerprint density at radius 2 is 1.89 bits per heavy atom. The molecule has 138 valence electrons. The molecule has 1 fully saturated rings. The first-order valence-electron chi connectivity index (χ1n) is 9.33. The molecule has 1 aliphatic heterocycles. The van der Waals surface area contributed by atoms with Gasteiger partial charge in [-0.3, -0.25) is 9.48 Å².